The van der Waals surface area contributed by atoms with E-state index in [0.717, 1.165) is 28.7 Å². The van der Waals surface area contributed by atoms with Gasteiger partial charge in [-0.2, -0.15) is 0 Å². The van der Waals surface area contributed by atoms with Crippen LogP contribution < -0.4 is 15.1 Å². The number of hydrogen-bond donors (Lipinski definition) is 1. The molecule has 2 aliphatic heterocycles. The maximum Gasteiger partial charge on any atom is 0.308 e. The van der Waals surface area contributed by atoms with Gasteiger partial charge in [0.2, 0.25) is 17.7 Å². The van der Waals surface area contributed by atoms with Crippen molar-refractivity contribution in [1.82, 2.24) is 9.55 Å². The molecule has 0 bridgehead atoms. The van der Waals surface area contributed by atoms with Crippen LogP contribution in [0.3, 0.4) is 0 Å². The Morgan fingerprint density at radius 1 is 0.974 bits per heavy atom. The molecule has 2 aromatic carbocycles. The van der Waals surface area contributed by atoms with Crippen LogP contribution in [-0.4, -0.2) is 32.5 Å². The first-order chi connectivity index (χ1) is 18.8. The number of carbonyl (C=O) groups excluding carboxylic acids is 3. The van der Waals surface area contributed by atoms with Crippen LogP contribution in [0.5, 0.6) is 0 Å². The number of imide groups is 1. The lowest BCUT2D eigenvalue weighted by Gasteiger charge is -2.30. The van der Waals surface area contributed by atoms with Crippen molar-refractivity contribution in [3.8, 4) is 0 Å². The van der Waals surface area contributed by atoms with Crippen molar-refractivity contribution >= 4 is 75.4 Å². The van der Waals surface area contributed by atoms with E-state index < -0.39 is 23.0 Å². The lowest BCUT2D eigenvalue weighted by Crippen LogP contribution is -2.33. The summed E-state index contributed by atoms with van der Waals surface area (Å²) in [5.74, 6) is -2.42. The molecule has 3 amide bonds. The molecule has 2 aromatic heterocycles. The lowest BCUT2D eigenvalue weighted by molar-refractivity contribution is -0.122. The highest BCUT2D eigenvalue weighted by Gasteiger charge is 2.56. The van der Waals surface area contributed by atoms with Crippen molar-refractivity contribution in [2.45, 2.75) is 22.7 Å². The molecule has 1 fully saturated rings. The second-order valence-electron chi connectivity index (χ2n) is 8.98. The normalized spacial score (nSPS) is 20.1. The van der Waals surface area contributed by atoms with Crippen molar-refractivity contribution in [3.05, 3.63) is 103 Å². The van der Waals surface area contributed by atoms with E-state index >= 15 is 0 Å². The van der Waals surface area contributed by atoms with Crippen LogP contribution >= 0.6 is 46.3 Å². The number of pyridine rings is 1. The molecule has 0 radical (unpaired) electrons. The molecule has 0 saturated carbocycles. The fourth-order valence-electron chi connectivity index (χ4n) is 4.92. The number of carbonyl (C=O) groups is 3. The summed E-state index contributed by atoms with van der Waals surface area (Å²) in [5, 5.41) is 3.10. The zero-order valence-electron chi connectivity index (χ0n) is 19.9. The van der Waals surface area contributed by atoms with E-state index in [1.807, 2.05) is 12.1 Å². The second-order valence-corrected chi connectivity index (χ2v) is 11.9. The van der Waals surface area contributed by atoms with Gasteiger partial charge in [-0.05, 0) is 42.0 Å². The lowest BCUT2D eigenvalue weighted by atomic mass is 9.84. The number of halogens is 2. The number of rotatable bonds is 5. The number of amides is 3. The zero-order valence-corrected chi connectivity index (χ0v) is 23.1. The smallest absolute Gasteiger partial charge is 0.308 e. The fourth-order valence-corrected chi connectivity index (χ4v) is 8.00. The Kier molecular flexibility index (Phi) is 6.80. The topological polar surface area (TPSA) is 101 Å². The first-order valence-electron chi connectivity index (χ1n) is 11.8. The average molecular weight is 598 g/mol. The molecule has 2 aliphatic rings. The molecule has 196 valence electrons. The van der Waals surface area contributed by atoms with Gasteiger partial charge in [0.05, 0.1) is 26.7 Å². The van der Waals surface area contributed by atoms with Gasteiger partial charge in [-0.15, -0.1) is 0 Å². The zero-order chi connectivity index (χ0) is 27.3. The van der Waals surface area contributed by atoms with Crippen LogP contribution in [0.25, 0.3) is 0 Å². The van der Waals surface area contributed by atoms with Gasteiger partial charge in [-0.3, -0.25) is 28.7 Å². The van der Waals surface area contributed by atoms with Gasteiger partial charge < -0.3 is 5.32 Å². The Hall–Kier alpha value is -3.44. The van der Waals surface area contributed by atoms with Crippen LogP contribution in [0.15, 0.2) is 82.9 Å². The van der Waals surface area contributed by atoms with Crippen molar-refractivity contribution in [3.63, 3.8) is 0 Å². The Morgan fingerprint density at radius 2 is 1.77 bits per heavy atom. The van der Waals surface area contributed by atoms with Crippen LogP contribution in [0.2, 0.25) is 10.0 Å². The van der Waals surface area contributed by atoms with E-state index in [9.17, 15) is 19.2 Å². The third kappa shape index (κ3) is 4.57. The van der Waals surface area contributed by atoms with Crippen LogP contribution in [0.4, 0.5) is 11.4 Å². The summed E-state index contributed by atoms with van der Waals surface area (Å²) >= 11 is 14.2. The molecular weight excluding hydrogens is 579 g/mol. The average Bonchev–Trinajstić information content (AvgIpc) is 3.37. The second kappa shape index (κ2) is 10.3. The van der Waals surface area contributed by atoms with Crippen molar-refractivity contribution < 1.29 is 14.4 Å². The molecule has 4 heterocycles. The predicted molar refractivity (Wildman–Crippen MR) is 152 cm³/mol. The van der Waals surface area contributed by atoms with Gasteiger partial charge in [-0.25, -0.2) is 4.90 Å². The van der Waals surface area contributed by atoms with Gasteiger partial charge >= 0.3 is 4.87 Å². The van der Waals surface area contributed by atoms with E-state index in [1.165, 1.54) is 15.5 Å². The molecule has 3 unspecified atom stereocenters. The van der Waals surface area contributed by atoms with E-state index in [-0.39, 0.29) is 28.3 Å². The Balaban J connectivity index is 1.39. The van der Waals surface area contributed by atoms with Crippen LogP contribution in [-0.2, 0) is 20.9 Å². The molecule has 3 atom stereocenters. The number of anilines is 2. The largest absolute Gasteiger partial charge is 0.324 e. The number of para-hydroxylation sites is 1. The minimum Gasteiger partial charge on any atom is -0.324 e. The molecule has 0 aliphatic carbocycles. The van der Waals surface area contributed by atoms with E-state index in [1.54, 1.807) is 54.9 Å². The molecule has 0 spiro atoms. The summed E-state index contributed by atoms with van der Waals surface area (Å²) in [4.78, 5) is 59.3. The maximum absolute atomic E-state index is 13.8. The van der Waals surface area contributed by atoms with Crippen LogP contribution in [0, 0.1) is 5.92 Å². The number of benzene rings is 2. The number of thioether (sulfide) groups is 1. The summed E-state index contributed by atoms with van der Waals surface area (Å²) < 4.78 is 1.36. The SMILES string of the molecule is O=C(Cn1c2c(sc1=O)C(c1cccnc1)C1C(=O)N(c3ccccc3)C(=O)C1S2)Nc1ccc(Cl)c(Cl)c1. The summed E-state index contributed by atoms with van der Waals surface area (Å²) in [6.07, 6.45) is 3.27. The fraction of sp³-hybridized carbons (Fsp3) is 0.148. The van der Waals surface area contributed by atoms with Gasteiger partial charge in [-0.1, -0.05) is 70.6 Å². The summed E-state index contributed by atoms with van der Waals surface area (Å²) in [6.45, 7) is -0.278. The number of nitrogens with zero attached hydrogens (tertiary/aromatic N) is 3. The number of nitrogens with one attached hydrogen (secondary N) is 1. The van der Waals surface area contributed by atoms with Crippen molar-refractivity contribution in [2.24, 2.45) is 5.92 Å². The minimum absolute atomic E-state index is 0.278. The third-order valence-electron chi connectivity index (χ3n) is 6.61. The molecule has 12 heteroatoms. The van der Waals surface area contributed by atoms with E-state index in [2.05, 4.69) is 10.3 Å². The summed E-state index contributed by atoms with van der Waals surface area (Å²) in [7, 11) is 0. The standard InChI is InChI=1S/C27H18Cl2N4O4S2/c28-17-9-8-15(11-18(17)29)31-19(34)13-32-26-23(39-27(32)37)20(14-5-4-10-30-12-14)21-22(38-26)25(36)33(24(21)35)16-6-2-1-3-7-16/h1-12,20-22H,13H2,(H,31,34). The molecule has 39 heavy (non-hydrogen) atoms. The van der Waals surface area contributed by atoms with E-state index in [4.69, 9.17) is 23.2 Å². The summed E-state index contributed by atoms with van der Waals surface area (Å²) in [6, 6.07) is 17.1. The van der Waals surface area contributed by atoms with Crippen molar-refractivity contribution in [1.29, 1.82) is 0 Å². The number of fused-ring (bicyclic) bond motifs is 2. The predicted octanol–water partition coefficient (Wildman–Crippen LogP) is 5.05. The van der Waals surface area contributed by atoms with Gasteiger partial charge in [0.1, 0.15) is 11.8 Å². The highest BCUT2D eigenvalue weighted by molar-refractivity contribution is 8.00. The Morgan fingerprint density at radius 3 is 2.49 bits per heavy atom. The quantitative estimate of drug-likeness (QED) is 0.324. The molecule has 4 aromatic rings. The first-order valence-corrected chi connectivity index (χ1v) is 14.3. The molecular formula is C27H18Cl2N4O4S2. The van der Waals surface area contributed by atoms with Crippen LogP contribution in [0.1, 0.15) is 16.4 Å². The first kappa shape index (κ1) is 25.8. The molecule has 6 rings (SSSR count). The number of aromatic nitrogens is 2. The third-order valence-corrected chi connectivity index (χ3v) is 9.96. The van der Waals surface area contributed by atoms with E-state index in [0.29, 0.717) is 26.3 Å². The molecule has 8 nitrogen and oxygen atoms in total. The van der Waals surface area contributed by atoms with Gasteiger partial charge in [0, 0.05) is 28.9 Å². The maximum atomic E-state index is 13.8. The summed E-state index contributed by atoms with van der Waals surface area (Å²) in [5.41, 5.74) is 1.65. The van der Waals surface area contributed by atoms with Gasteiger partial charge in [0.15, 0.2) is 0 Å². The molecule has 1 saturated heterocycles. The minimum atomic E-state index is -0.770. The Labute approximate surface area is 240 Å². The number of thiazole rings is 1. The highest BCUT2D eigenvalue weighted by Crippen LogP contribution is 2.53. The number of hydrogen-bond acceptors (Lipinski definition) is 7. The monoisotopic (exact) mass is 596 g/mol. The molecule has 1 N–H and O–H groups in total. The highest BCUT2D eigenvalue weighted by atomic mass is 35.5. The van der Waals surface area contributed by atoms with Gasteiger partial charge in [0.25, 0.3) is 0 Å². The van der Waals surface area contributed by atoms with Crippen molar-refractivity contribution in [2.75, 3.05) is 10.2 Å². The Bertz CT molecular complexity index is 1680.